The van der Waals surface area contributed by atoms with Crippen LogP contribution in [0.4, 0.5) is 0 Å². The van der Waals surface area contributed by atoms with Gasteiger partial charge >= 0.3 is 0 Å². The Kier molecular flexibility index (Phi) is 1.59. The van der Waals surface area contributed by atoms with Gasteiger partial charge in [-0.3, -0.25) is 0 Å². The zero-order valence-corrected chi connectivity index (χ0v) is 10.3. The van der Waals surface area contributed by atoms with Crippen LogP contribution in [0.5, 0.6) is 0 Å². The standard InChI is InChI=1S/C16H17N/c1-16(2)11-8-7-10(9-11)15-14(16)12-5-3-4-6-13(12)17-15/h3-8,10-11,17H,9H2,1-2H3. The Morgan fingerprint density at radius 2 is 2.00 bits per heavy atom. The summed E-state index contributed by atoms with van der Waals surface area (Å²) in [7, 11) is 0. The van der Waals surface area contributed by atoms with Crippen molar-refractivity contribution in [2.75, 3.05) is 0 Å². The fourth-order valence-corrected chi connectivity index (χ4v) is 3.77. The molecule has 0 spiro atoms. The van der Waals surface area contributed by atoms with Crippen molar-refractivity contribution in [3.8, 4) is 0 Å². The number of aromatic nitrogens is 1. The van der Waals surface area contributed by atoms with Gasteiger partial charge in [0.2, 0.25) is 0 Å². The van der Waals surface area contributed by atoms with E-state index in [0.717, 1.165) is 0 Å². The van der Waals surface area contributed by atoms with Crippen molar-refractivity contribution in [2.45, 2.75) is 31.6 Å². The van der Waals surface area contributed by atoms with Crippen LogP contribution >= 0.6 is 0 Å². The lowest BCUT2D eigenvalue weighted by molar-refractivity contribution is 0.343. The average molecular weight is 223 g/mol. The molecular formula is C16H17N. The number of para-hydroxylation sites is 1. The Hall–Kier alpha value is -1.50. The van der Waals surface area contributed by atoms with Crippen LogP contribution in [-0.4, -0.2) is 4.98 Å². The largest absolute Gasteiger partial charge is 0.358 e. The SMILES string of the molecule is CC1(C)c2c([nH]c3ccccc23)C2C=CC1C2. The molecule has 86 valence electrons. The molecule has 1 heterocycles. The Bertz CT molecular complexity index is 630. The number of hydrogen-bond acceptors (Lipinski definition) is 0. The number of nitrogens with one attached hydrogen (secondary N) is 1. The van der Waals surface area contributed by atoms with Gasteiger partial charge in [0.1, 0.15) is 0 Å². The molecule has 2 atom stereocenters. The van der Waals surface area contributed by atoms with Crippen LogP contribution in [-0.2, 0) is 5.41 Å². The smallest absolute Gasteiger partial charge is 0.0459 e. The van der Waals surface area contributed by atoms with Gasteiger partial charge in [-0.25, -0.2) is 0 Å². The molecule has 2 unspecified atom stereocenters. The van der Waals surface area contributed by atoms with Gasteiger partial charge in [-0.1, -0.05) is 44.2 Å². The fraction of sp³-hybridized carbons (Fsp3) is 0.375. The molecule has 1 nitrogen and oxygen atoms in total. The van der Waals surface area contributed by atoms with E-state index in [-0.39, 0.29) is 5.41 Å². The van der Waals surface area contributed by atoms with E-state index in [1.165, 1.54) is 23.0 Å². The first kappa shape index (κ1) is 9.52. The predicted octanol–water partition coefficient (Wildman–Crippen LogP) is 4.12. The van der Waals surface area contributed by atoms with Gasteiger partial charge in [0.25, 0.3) is 0 Å². The van der Waals surface area contributed by atoms with E-state index in [0.29, 0.717) is 11.8 Å². The van der Waals surface area contributed by atoms with Gasteiger partial charge in [0.15, 0.2) is 0 Å². The van der Waals surface area contributed by atoms with Crippen LogP contribution < -0.4 is 0 Å². The number of fused-ring (bicyclic) bond motifs is 6. The third-order valence-corrected chi connectivity index (χ3v) is 4.76. The maximum atomic E-state index is 3.65. The molecule has 2 aromatic rings. The molecule has 1 aromatic carbocycles. The van der Waals surface area contributed by atoms with Gasteiger partial charge < -0.3 is 4.98 Å². The van der Waals surface area contributed by atoms with Gasteiger partial charge in [0.05, 0.1) is 0 Å². The number of rotatable bonds is 0. The maximum absolute atomic E-state index is 3.65. The summed E-state index contributed by atoms with van der Waals surface area (Å²) in [4.78, 5) is 3.65. The molecule has 0 saturated carbocycles. The molecule has 1 N–H and O–H groups in total. The molecule has 2 aliphatic carbocycles. The van der Waals surface area contributed by atoms with Crippen molar-refractivity contribution < 1.29 is 0 Å². The lowest BCUT2D eigenvalue weighted by Crippen LogP contribution is -2.31. The van der Waals surface area contributed by atoms with Gasteiger partial charge in [-0.05, 0) is 29.4 Å². The molecular weight excluding hydrogens is 206 g/mol. The van der Waals surface area contributed by atoms with E-state index in [1.807, 2.05) is 0 Å². The van der Waals surface area contributed by atoms with Crippen LogP contribution in [0.25, 0.3) is 10.9 Å². The van der Waals surface area contributed by atoms with Gasteiger partial charge in [-0.15, -0.1) is 0 Å². The van der Waals surface area contributed by atoms with Crippen LogP contribution in [0.15, 0.2) is 36.4 Å². The number of benzene rings is 1. The van der Waals surface area contributed by atoms with Crippen LogP contribution in [0.3, 0.4) is 0 Å². The molecule has 2 bridgehead atoms. The highest BCUT2D eigenvalue weighted by atomic mass is 14.8. The molecule has 1 heteroatoms. The monoisotopic (exact) mass is 223 g/mol. The minimum Gasteiger partial charge on any atom is -0.358 e. The first-order chi connectivity index (χ1) is 8.18. The van der Waals surface area contributed by atoms with Crippen molar-refractivity contribution in [3.05, 3.63) is 47.7 Å². The van der Waals surface area contributed by atoms with E-state index in [4.69, 9.17) is 0 Å². The average Bonchev–Trinajstić information content (AvgIpc) is 2.91. The van der Waals surface area contributed by atoms with E-state index >= 15 is 0 Å². The minimum absolute atomic E-state index is 0.262. The van der Waals surface area contributed by atoms with Gasteiger partial charge in [0, 0.05) is 22.5 Å². The maximum Gasteiger partial charge on any atom is 0.0459 e. The van der Waals surface area contributed by atoms with Crippen molar-refractivity contribution in [2.24, 2.45) is 5.92 Å². The zero-order valence-electron chi connectivity index (χ0n) is 10.3. The van der Waals surface area contributed by atoms with Crippen molar-refractivity contribution in [3.63, 3.8) is 0 Å². The predicted molar refractivity (Wildman–Crippen MR) is 71.3 cm³/mol. The number of aromatic amines is 1. The number of H-pyrrole nitrogens is 1. The highest BCUT2D eigenvalue weighted by molar-refractivity contribution is 5.86. The van der Waals surface area contributed by atoms with Crippen LogP contribution in [0.2, 0.25) is 0 Å². The molecule has 0 radical (unpaired) electrons. The molecule has 0 aliphatic heterocycles. The Balaban J connectivity index is 2.13. The topological polar surface area (TPSA) is 15.8 Å². The summed E-state index contributed by atoms with van der Waals surface area (Å²) in [5.41, 5.74) is 4.57. The molecule has 0 fully saturated rings. The molecule has 4 rings (SSSR count). The third-order valence-electron chi connectivity index (χ3n) is 4.76. The molecule has 1 aromatic heterocycles. The number of allylic oxidation sites excluding steroid dienone is 2. The highest BCUT2D eigenvalue weighted by Crippen LogP contribution is 2.53. The van der Waals surface area contributed by atoms with Crippen LogP contribution in [0.1, 0.15) is 37.4 Å². The Morgan fingerprint density at radius 1 is 1.18 bits per heavy atom. The highest BCUT2D eigenvalue weighted by Gasteiger charge is 2.43. The molecule has 0 amide bonds. The Labute approximate surface area is 102 Å². The summed E-state index contributed by atoms with van der Waals surface area (Å²) in [6, 6.07) is 8.72. The summed E-state index contributed by atoms with van der Waals surface area (Å²) in [5, 5.41) is 1.42. The lowest BCUT2D eigenvalue weighted by Gasteiger charge is -2.37. The fourth-order valence-electron chi connectivity index (χ4n) is 3.77. The van der Waals surface area contributed by atoms with E-state index < -0.39 is 0 Å². The van der Waals surface area contributed by atoms with E-state index in [2.05, 4.69) is 55.2 Å². The second-order valence-electron chi connectivity index (χ2n) is 6.01. The molecule has 2 aliphatic rings. The first-order valence-corrected chi connectivity index (χ1v) is 6.47. The van der Waals surface area contributed by atoms with Gasteiger partial charge in [-0.2, -0.15) is 0 Å². The van der Waals surface area contributed by atoms with Crippen molar-refractivity contribution >= 4 is 10.9 Å². The first-order valence-electron chi connectivity index (χ1n) is 6.47. The summed E-state index contributed by atoms with van der Waals surface area (Å²) in [6.07, 6.45) is 6.10. The van der Waals surface area contributed by atoms with E-state index in [9.17, 15) is 0 Å². The second-order valence-corrected chi connectivity index (χ2v) is 6.01. The van der Waals surface area contributed by atoms with E-state index in [1.54, 1.807) is 5.56 Å². The summed E-state index contributed by atoms with van der Waals surface area (Å²) >= 11 is 0. The second kappa shape index (κ2) is 2.84. The molecule has 0 saturated heterocycles. The molecule has 17 heavy (non-hydrogen) atoms. The Morgan fingerprint density at radius 3 is 2.88 bits per heavy atom. The van der Waals surface area contributed by atoms with Crippen molar-refractivity contribution in [1.82, 2.24) is 4.98 Å². The zero-order chi connectivity index (χ0) is 11.6. The van der Waals surface area contributed by atoms with Crippen LogP contribution in [0, 0.1) is 5.92 Å². The quantitative estimate of drug-likeness (QED) is 0.647. The number of hydrogen-bond donors (Lipinski definition) is 1. The van der Waals surface area contributed by atoms with Crippen molar-refractivity contribution in [1.29, 1.82) is 0 Å². The minimum atomic E-state index is 0.262. The summed E-state index contributed by atoms with van der Waals surface area (Å²) < 4.78 is 0. The normalized spacial score (nSPS) is 28.6. The summed E-state index contributed by atoms with van der Waals surface area (Å²) in [6.45, 7) is 4.78. The summed E-state index contributed by atoms with van der Waals surface area (Å²) in [5.74, 6) is 1.33. The third kappa shape index (κ3) is 1.05. The lowest BCUT2D eigenvalue weighted by atomic mass is 9.67.